The molecule has 0 bridgehead atoms. The van der Waals surface area contributed by atoms with Crippen LogP contribution in [0.5, 0.6) is 0 Å². The number of furan rings is 1. The van der Waals surface area contributed by atoms with Crippen LogP contribution in [-0.2, 0) is 11.3 Å². The van der Waals surface area contributed by atoms with Gasteiger partial charge in [-0.1, -0.05) is 0 Å². The Kier molecular flexibility index (Phi) is 4.72. The third kappa shape index (κ3) is 3.82. The minimum atomic E-state index is -0.523. The molecule has 2 heterocycles. The molecule has 0 aliphatic carbocycles. The summed E-state index contributed by atoms with van der Waals surface area (Å²) in [6.45, 7) is 0.182. The summed E-state index contributed by atoms with van der Waals surface area (Å²) in [5, 5.41) is 18.6. The van der Waals surface area contributed by atoms with Gasteiger partial charge < -0.3 is 9.73 Å². The van der Waals surface area contributed by atoms with Crippen LogP contribution < -0.4 is 5.32 Å². The topological polar surface area (TPSA) is 94.7 Å². The number of H-pyrrole nitrogens is 1. The number of aromatic nitrogens is 2. The Morgan fingerprint density at radius 3 is 2.84 bits per heavy atom. The number of benzene rings is 1. The van der Waals surface area contributed by atoms with E-state index < -0.39 is 5.91 Å². The normalized spacial score (nSPS) is 11.1. The van der Waals surface area contributed by atoms with Gasteiger partial charge in [0.25, 0.3) is 5.91 Å². The fourth-order valence-corrected chi connectivity index (χ4v) is 2.23. The molecule has 2 N–H and O–H groups in total. The van der Waals surface area contributed by atoms with Crippen molar-refractivity contribution in [3.05, 3.63) is 71.6 Å². The Morgan fingerprint density at radius 2 is 2.16 bits per heavy atom. The number of aromatic amines is 1. The third-order valence-electron chi connectivity index (χ3n) is 3.47. The summed E-state index contributed by atoms with van der Waals surface area (Å²) >= 11 is 0. The van der Waals surface area contributed by atoms with E-state index in [9.17, 15) is 14.4 Å². The van der Waals surface area contributed by atoms with Gasteiger partial charge in [-0.2, -0.15) is 10.4 Å². The lowest BCUT2D eigenvalue weighted by atomic mass is 10.1. The van der Waals surface area contributed by atoms with Crippen LogP contribution in [0.1, 0.15) is 11.3 Å². The standard InChI is InChI=1S/C18H13FN4O2/c19-15-5-3-12(4-6-15)17-14(10-22-23-17)8-13(9-20)18(24)21-11-16-2-1-7-25-16/h1-8,10H,11H2,(H,21,24)(H,22,23)/b13-8-. The van der Waals surface area contributed by atoms with Crippen molar-refractivity contribution in [3.63, 3.8) is 0 Å². The number of halogens is 1. The second-order valence-corrected chi connectivity index (χ2v) is 5.14. The van der Waals surface area contributed by atoms with Crippen molar-refractivity contribution in [2.45, 2.75) is 6.54 Å². The zero-order valence-electron chi connectivity index (χ0n) is 13.0. The second kappa shape index (κ2) is 7.27. The van der Waals surface area contributed by atoms with Crippen molar-refractivity contribution in [1.82, 2.24) is 15.5 Å². The highest BCUT2D eigenvalue weighted by atomic mass is 19.1. The van der Waals surface area contributed by atoms with E-state index in [1.807, 2.05) is 6.07 Å². The van der Waals surface area contributed by atoms with Crippen LogP contribution in [0.3, 0.4) is 0 Å². The first-order valence-corrected chi connectivity index (χ1v) is 7.39. The Bertz CT molecular complexity index is 934. The quantitative estimate of drug-likeness (QED) is 0.553. The summed E-state index contributed by atoms with van der Waals surface area (Å²) in [6, 6.07) is 11.1. The van der Waals surface area contributed by atoms with E-state index >= 15 is 0 Å². The monoisotopic (exact) mass is 336 g/mol. The van der Waals surface area contributed by atoms with Gasteiger partial charge in [-0.3, -0.25) is 9.89 Å². The van der Waals surface area contributed by atoms with Gasteiger partial charge in [0.2, 0.25) is 0 Å². The van der Waals surface area contributed by atoms with Crippen molar-refractivity contribution >= 4 is 12.0 Å². The van der Waals surface area contributed by atoms with E-state index in [2.05, 4.69) is 15.5 Å². The molecule has 1 amide bonds. The first-order valence-electron chi connectivity index (χ1n) is 7.39. The molecule has 0 spiro atoms. The molecule has 1 aromatic carbocycles. The van der Waals surface area contributed by atoms with Crippen LogP contribution in [0.4, 0.5) is 4.39 Å². The van der Waals surface area contributed by atoms with E-state index in [4.69, 9.17) is 4.42 Å². The largest absolute Gasteiger partial charge is 0.467 e. The molecule has 25 heavy (non-hydrogen) atoms. The minimum absolute atomic E-state index is 0.0729. The molecule has 0 saturated heterocycles. The fraction of sp³-hybridized carbons (Fsp3) is 0.0556. The van der Waals surface area contributed by atoms with Gasteiger partial charge in [0.1, 0.15) is 23.2 Å². The first-order chi connectivity index (χ1) is 12.2. The summed E-state index contributed by atoms with van der Waals surface area (Å²) in [6.07, 6.45) is 4.43. The molecule has 0 radical (unpaired) electrons. The van der Waals surface area contributed by atoms with E-state index in [0.717, 1.165) is 0 Å². The van der Waals surface area contributed by atoms with Gasteiger partial charge in [0.05, 0.1) is 24.7 Å². The first kappa shape index (κ1) is 16.2. The van der Waals surface area contributed by atoms with E-state index in [0.29, 0.717) is 22.6 Å². The third-order valence-corrected chi connectivity index (χ3v) is 3.47. The van der Waals surface area contributed by atoms with Crippen molar-refractivity contribution in [1.29, 1.82) is 5.26 Å². The van der Waals surface area contributed by atoms with Crippen molar-refractivity contribution in [2.24, 2.45) is 0 Å². The number of carbonyl (C=O) groups is 1. The molecule has 0 aliphatic rings. The fourth-order valence-electron chi connectivity index (χ4n) is 2.23. The van der Waals surface area contributed by atoms with Crippen molar-refractivity contribution in [3.8, 4) is 17.3 Å². The lowest BCUT2D eigenvalue weighted by Gasteiger charge is -2.03. The number of carbonyl (C=O) groups excluding carboxylic acids is 1. The molecule has 2 aromatic heterocycles. The van der Waals surface area contributed by atoms with Crippen LogP contribution in [0.25, 0.3) is 17.3 Å². The molecular formula is C18H13FN4O2. The molecule has 0 fully saturated rings. The van der Waals surface area contributed by atoms with E-state index in [1.165, 1.54) is 30.7 Å². The molecule has 0 unspecified atom stereocenters. The lowest BCUT2D eigenvalue weighted by Crippen LogP contribution is -2.23. The van der Waals surface area contributed by atoms with Crippen molar-refractivity contribution < 1.29 is 13.6 Å². The number of nitrogens with one attached hydrogen (secondary N) is 2. The number of nitrogens with zero attached hydrogens (tertiary/aromatic N) is 2. The number of amides is 1. The smallest absolute Gasteiger partial charge is 0.262 e. The average molecular weight is 336 g/mol. The van der Waals surface area contributed by atoms with Crippen LogP contribution in [-0.4, -0.2) is 16.1 Å². The summed E-state index contributed by atoms with van der Waals surface area (Å²) in [4.78, 5) is 12.2. The Balaban J connectivity index is 1.81. The van der Waals surface area contributed by atoms with Gasteiger partial charge in [-0.15, -0.1) is 0 Å². The summed E-state index contributed by atoms with van der Waals surface area (Å²) < 4.78 is 18.2. The average Bonchev–Trinajstić information content (AvgIpc) is 3.30. The molecule has 7 heteroatoms. The number of hydrogen-bond donors (Lipinski definition) is 2. The second-order valence-electron chi connectivity index (χ2n) is 5.14. The molecule has 0 saturated carbocycles. The zero-order chi connectivity index (χ0) is 17.6. The van der Waals surface area contributed by atoms with Gasteiger partial charge >= 0.3 is 0 Å². The predicted molar refractivity (Wildman–Crippen MR) is 88.1 cm³/mol. The van der Waals surface area contributed by atoms with Gasteiger partial charge in [0, 0.05) is 11.1 Å². The maximum Gasteiger partial charge on any atom is 0.262 e. The predicted octanol–water partition coefficient (Wildman–Crippen LogP) is 3.03. The Hall–Kier alpha value is -3.66. The molecule has 3 rings (SSSR count). The van der Waals surface area contributed by atoms with Gasteiger partial charge in [-0.05, 0) is 42.5 Å². The Morgan fingerprint density at radius 1 is 1.36 bits per heavy atom. The molecule has 6 nitrogen and oxygen atoms in total. The summed E-state index contributed by atoms with van der Waals surface area (Å²) in [5.74, 6) is -0.290. The number of nitriles is 1. The molecule has 124 valence electrons. The highest BCUT2D eigenvalue weighted by molar-refractivity contribution is 6.02. The SMILES string of the molecule is N#C/C(=C/c1cn[nH]c1-c1ccc(F)cc1)C(=O)NCc1ccco1. The Labute approximate surface area is 142 Å². The summed E-state index contributed by atoms with van der Waals surface area (Å²) in [7, 11) is 0. The summed E-state index contributed by atoms with van der Waals surface area (Å²) in [5.41, 5.74) is 1.76. The minimum Gasteiger partial charge on any atom is -0.467 e. The highest BCUT2D eigenvalue weighted by Gasteiger charge is 2.13. The number of hydrogen-bond acceptors (Lipinski definition) is 4. The van der Waals surface area contributed by atoms with Crippen molar-refractivity contribution in [2.75, 3.05) is 0 Å². The maximum absolute atomic E-state index is 13.1. The van der Waals surface area contributed by atoms with E-state index in [-0.39, 0.29) is 17.9 Å². The van der Waals surface area contributed by atoms with Gasteiger partial charge in [0.15, 0.2) is 0 Å². The van der Waals surface area contributed by atoms with Crippen LogP contribution in [0, 0.1) is 17.1 Å². The molecule has 3 aromatic rings. The zero-order valence-corrected chi connectivity index (χ0v) is 13.0. The molecular weight excluding hydrogens is 323 g/mol. The van der Waals surface area contributed by atoms with Crippen LogP contribution >= 0.6 is 0 Å². The van der Waals surface area contributed by atoms with Gasteiger partial charge in [-0.25, -0.2) is 4.39 Å². The molecule has 0 atom stereocenters. The molecule has 0 aliphatic heterocycles. The maximum atomic E-state index is 13.1. The number of rotatable bonds is 5. The highest BCUT2D eigenvalue weighted by Crippen LogP contribution is 2.23. The van der Waals surface area contributed by atoms with Crippen LogP contribution in [0.15, 0.2) is 58.8 Å². The lowest BCUT2D eigenvalue weighted by molar-refractivity contribution is -0.117. The van der Waals surface area contributed by atoms with E-state index in [1.54, 1.807) is 24.3 Å². The van der Waals surface area contributed by atoms with Crippen LogP contribution in [0.2, 0.25) is 0 Å².